The molecule has 0 aromatic heterocycles. The van der Waals surface area contributed by atoms with Crippen molar-refractivity contribution in [1.82, 2.24) is 4.90 Å². The average Bonchev–Trinajstić information content (AvgIpc) is 3.20. The Morgan fingerprint density at radius 2 is 2.09 bits per heavy atom. The summed E-state index contributed by atoms with van der Waals surface area (Å²) in [5, 5.41) is 24.1. The molecular weight excluding hydrogens is 422 g/mol. The Hall–Kier alpha value is -2.75. The maximum atomic E-state index is 14.4. The molecule has 0 radical (unpaired) electrons. The van der Waals surface area contributed by atoms with Crippen molar-refractivity contribution >= 4 is 11.8 Å². The quantitative estimate of drug-likeness (QED) is 0.654. The number of carbonyl (C=O) groups excluding carboxylic acids is 1. The molecule has 4 atom stereocenters. The number of halogens is 2. The highest BCUT2D eigenvalue weighted by Crippen LogP contribution is 2.43. The SMILES string of the molecule is O=C1Nc2c(F)cc([C@H](O)CN3C[C@H]4C[C@H](Oc5ccccc5F)C[C@@]4(O)C3)cc2CO1. The summed E-state index contributed by atoms with van der Waals surface area (Å²) in [6.45, 7) is 1.06. The number of carbonyl (C=O) groups is 1. The van der Waals surface area contributed by atoms with E-state index in [0.717, 1.165) is 0 Å². The monoisotopic (exact) mass is 446 g/mol. The van der Waals surface area contributed by atoms with Crippen LogP contribution in [0.4, 0.5) is 19.3 Å². The van der Waals surface area contributed by atoms with Crippen LogP contribution in [0.15, 0.2) is 36.4 Å². The van der Waals surface area contributed by atoms with Gasteiger partial charge in [0.1, 0.15) is 18.5 Å². The Balaban J connectivity index is 1.21. The Labute approximate surface area is 183 Å². The van der Waals surface area contributed by atoms with E-state index in [1.165, 1.54) is 12.1 Å². The molecule has 5 rings (SSSR count). The molecule has 1 amide bonds. The van der Waals surface area contributed by atoms with Crippen LogP contribution in [0.1, 0.15) is 30.1 Å². The first-order valence-corrected chi connectivity index (χ1v) is 10.6. The van der Waals surface area contributed by atoms with Gasteiger partial charge in [-0.3, -0.25) is 10.2 Å². The van der Waals surface area contributed by atoms with Gasteiger partial charge >= 0.3 is 6.09 Å². The van der Waals surface area contributed by atoms with E-state index in [0.29, 0.717) is 37.1 Å². The molecule has 9 heteroatoms. The molecule has 1 aliphatic carbocycles. The third-order valence-electron chi connectivity index (χ3n) is 6.59. The normalized spacial score (nSPS) is 27.9. The van der Waals surface area contributed by atoms with Crippen molar-refractivity contribution in [3.63, 3.8) is 0 Å². The molecule has 1 saturated carbocycles. The van der Waals surface area contributed by atoms with Gasteiger partial charge in [0, 0.05) is 37.5 Å². The van der Waals surface area contributed by atoms with E-state index in [2.05, 4.69) is 5.32 Å². The summed E-state index contributed by atoms with van der Waals surface area (Å²) in [6, 6.07) is 9.04. The number of hydrogen-bond acceptors (Lipinski definition) is 6. The number of aliphatic hydroxyl groups is 2. The number of ether oxygens (including phenoxy) is 2. The Morgan fingerprint density at radius 1 is 1.28 bits per heavy atom. The molecule has 2 aromatic carbocycles. The van der Waals surface area contributed by atoms with Crippen LogP contribution >= 0.6 is 0 Å². The van der Waals surface area contributed by atoms with Crippen molar-refractivity contribution in [3.05, 3.63) is 59.2 Å². The minimum absolute atomic E-state index is 0.0599. The minimum atomic E-state index is -0.977. The first-order chi connectivity index (χ1) is 15.3. The van der Waals surface area contributed by atoms with Gasteiger partial charge in [0.25, 0.3) is 0 Å². The third kappa shape index (κ3) is 3.92. The fraction of sp³-hybridized carbons (Fsp3) is 0.435. The Morgan fingerprint density at radius 3 is 2.88 bits per heavy atom. The van der Waals surface area contributed by atoms with Gasteiger partial charge in [-0.25, -0.2) is 13.6 Å². The number of amides is 1. The number of cyclic esters (lactones) is 1. The number of nitrogens with one attached hydrogen (secondary N) is 1. The number of fused-ring (bicyclic) bond motifs is 2. The van der Waals surface area contributed by atoms with E-state index in [1.54, 1.807) is 24.3 Å². The average molecular weight is 446 g/mol. The maximum absolute atomic E-state index is 14.4. The van der Waals surface area contributed by atoms with Crippen molar-refractivity contribution < 1.29 is 33.3 Å². The largest absolute Gasteiger partial charge is 0.487 e. The lowest BCUT2D eigenvalue weighted by Gasteiger charge is -2.26. The number of likely N-dealkylation sites (tertiary alicyclic amines) is 1. The van der Waals surface area contributed by atoms with Crippen molar-refractivity contribution in [2.75, 3.05) is 25.0 Å². The van der Waals surface area contributed by atoms with Crippen molar-refractivity contribution in [1.29, 1.82) is 0 Å². The molecule has 3 aliphatic rings. The van der Waals surface area contributed by atoms with Crippen LogP contribution < -0.4 is 10.1 Å². The summed E-state index contributed by atoms with van der Waals surface area (Å²) in [5.74, 6) is -0.930. The number of benzene rings is 2. The molecule has 0 unspecified atom stereocenters. The summed E-state index contributed by atoms with van der Waals surface area (Å²) in [5.41, 5.74) is -0.0628. The molecule has 2 heterocycles. The number of anilines is 1. The molecule has 0 spiro atoms. The molecule has 2 aliphatic heterocycles. The standard InChI is InChI=1S/C23H24F2N2O5/c24-17-3-1-2-4-20(17)32-16-7-15-9-27(12-23(15,30)8-16)10-19(28)13-5-14-11-31-22(29)26-21(14)18(25)6-13/h1-6,15-16,19,28,30H,7-12H2,(H,26,29)/t15-,16+,19-,23-/m1/s1. The van der Waals surface area contributed by atoms with E-state index in [4.69, 9.17) is 9.47 Å². The smallest absolute Gasteiger partial charge is 0.412 e. The molecule has 1 saturated heterocycles. The van der Waals surface area contributed by atoms with Crippen LogP contribution in [-0.4, -0.2) is 52.5 Å². The van der Waals surface area contributed by atoms with Crippen LogP contribution in [0.5, 0.6) is 5.75 Å². The highest BCUT2D eigenvalue weighted by Gasteiger charge is 2.53. The van der Waals surface area contributed by atoms with Gasteiger partial charge in [0.05, 0.1) is 17.4 Å². The topological polar surface area (TPSA) is 91.3 Å². The summed E-state index contributed by atoms with van der Waals surface area (Å²) in [7, 11) is 0. The van der Waals surface area contributed by atoms with E-state index < -0.39 is 29.4 Å². The molecule has 2 aromatic rings. The fourth-order valence-electron chi connectivity index (χ4n) is 5.10. The van der Waals surface area contributed by atoms with Gasteiger partial charge in [-0.15, -0.1) is 0 Å². The molecule has 170 valence electrons. The second-order valence-electron chi connectivity index (χ2n) is 8.86. The predicted octanol–water partition coefficient (Wildman–Crippen LogP) is 2.96. The minimum Gasteiger partial charge on any atom is -0.487 e. The molecule has 32 heavy (non-hydrogen) atoms. The zero-order chi connectivity index (χ0) is 22.5. The number of β-amino-alcohol motifs (C(OH)–C–C–N with tert-alkyl or cyclic N) is 2. The van der Waals surface area contributed by atoms with Gasteiger partial charge < -0.3 is 19.7 Å². The molecule has 2 fully saturated rings. The van der Waals surface area contributed by atoms with Gasteiger partial charge in [0.2, 0.25) is 0 Å². The first kappa shape index (κ1) is 21.1. The number of hydrogen-bond donors (Lipinski definition) is 3. The van der Waals surface area contributed by atoms with Crippen LogP contribution in [0.3, 0.4) is 0 Å². The second kappa shape index (κ2) is 7.99. The van der Waals surface area contributed by atoms with Crippen LogP contribution in [0.25, 0.3) is 0 Å². The van der Waals surface area contributed by atoms with Crippen molar-refractivity contribution in [2.45, 2.75) is 37.3 Å². The van der Waals surface area contributed by atoms with E-state index in [-0.39, 0.29) is 36.6 Å². The van der Waals surface area contributed by atoms with Gasteiger partial charge in [0.15, 0.2) is 11.6 Å². The Kier molecular flexibility index (Phi) is 5.27. The van der Waals surface area contributed by atoms with E-state index in [1.807, 2.05) is 4.90 Å². The molecular formula is C23H24F2N2O5. The van der Waals surface area contributed by atoms with Gasteiger partial charge in [-0.2, -0.15) is 0 Å². The predicted molar refractivity (Wildman–Crippen MR) is 110 cm³/mol. The van der Waals surface area contributed by atoms with E-state index >= 15 is 0 Å². The third-order valence-corrected chi connectivity index (χ3v) is 6.59. The van der Waals surface area contributed by atoms with Gasteiger partial charge in [-0.05, 0) is 36.2 Å². The number of aliphatic hydroxyl groups excluding tert-OH is 1. The lowest BCUT2D eigenvalue weighted by molar-refractivity contribution is 0.0175. The fourth-order valence-corrected chi connectivity index (χ4v) is 5.10. The highest BCUT2D eigenvalue weighted by molar-refractivity contribution is 5.87. The summed E-state index contributed by atoms with van der Waals surface area (Å²) < 4.78 is 38.9. The van der Waals surface area contributed by atoms with Gasteiger partial charge in [-0.1, -0.05) is 12.1 Å². The maximum Gasteiger partial charge on any atom is 0.412 e. The number of para-hydroxylation sites is 1. The van der Waals surface area contributed by atoms with E-state index in [9.17, 15) is 23.8 Å². The lowest BCUT2D eigenvalue weighted by Crippen LogP contribution is -2.36. The second-order valence-corrected chi connectivity index (χ2v) is 8.86. The van der Waals surface area contributed by atoms with Crippen LogP contribution in [0, 0.1) is 17.6 Å². The summed E-state index contributed by atoms with van der Waals surface area (Å²) >= 11 is 0. The zero-order valence-electron chi connectivity index (χ0n) is 17.3. The summed E-state index contributed by atoms with van der Waals surface area (Å²) in [6.07, 6.45) is -0.997. The molecule has 3 N–H and O–H groups in total. The number of rotatable bonds is 5. The first-order valence-electron chi connectivity index (χ1n) is 10.6. The number of nitrogens with zero attached hydrogens (tertiary/aromatic N) is 1. The molecule has 7 nitrogen and oxygen atoms in total. The van der Waals surface area contributed by atoms with Crippen molar-refractivity contribution in [2.24, 2.45) is 5.92 Å². The summed E-state index contributed by atoms with van der Waals surface area (Å²) in [4.78, 5) is 13.2. The molecule has 0 bridgehead atoms. The van der Waals surface area contributed by atoms with Crippen LogP contribution in [-0.2, 0) is 11.3 Å². The van der Waals surface area contributed by atoms with Crippen LogP contribution in [0.2, 0.25) is 0 Å². The Bertz CT molecular complexity index is 1050. The lowest BCUT2D eigenvalue weighted by atomic mass is 9.95. The van der Waals surface area contributed by atoms with Crippen molar-refractivity contribution in [3.8, 4) is 5.75 Å². The zero-order valence-corrected chi connectivity index (χ0v) is 17.3. The highest BCUT2D eigenvalue weighted by atomic mass is 19.1.